The lowest BCUT2D eigenvalue weighted by Gasteiger charge is -2.28. The first-order valence-corrected chi connectivity index (χ1v) is 7.23. The fourth-order valence-corrected chi connectivity index (χ4v) is 2.38. The average molecular weight is 288 g/mol. The van der Waals surface area contributed by atoms with Crippen molar-refractivity contribution in [3.8, 4) is 0 Å². The molecule has 1 fully saturated rings. The van der Waals surface area contributed by atoms with Gasteiger partial charge in [0.2, 0.25) is 5.89 Å². The lowest BCUT2D eigenvalue weighted by molar-refractivity contribution is 0.122. The molecule has 3 rings (SSSR count). The van der Waals surface area contributed by atoms with Crippen LogP contribution in [-0.2, 0) is 17.8 Å². The van der Waals surface area contributed by atoms with Gasteiger partial charge in [0.05, 0.1) is 19.8 Å². The first-order chi connectivity index (χ1) is 10.3. The number of hydrogen-bond acceptors (Lipinski definition) is 6. The molecule has 0 unspecified atom stereocenters. The molecular formula is C15H20N4O2. The Balaban J connectivity index is 1.49. The molecule has 0 amide bonds. The number of hydrogen-bond donors (Lipinski definition) is 1. The van der Waals surface area contributed by atoms with Crippen molar-refractivity contribution in [1.29, 1.82) is 0 Å². The van der Waals surface area contributed by atoms with Crippen LogP contribution in [0, 0.1) is 6.92 Å². The van der Waals surface area contributed by atoms with Crippen molar-refractivity contribution in [3.05, 3.63) is 41.5 Å². The van der Waals surface area contributed by atoms with E-state index in [-0.39, 0.29) is 0 Å². The first kappa shape index (κ1) is 14.0. The summed E-state index contributed by atoms with van der Waals surface area (Å²) in [5.74, 6) is 1.29. The summed E-state index contributed by atoms with van der Waals surface area (Å²) in [4.78, 5) is 6.51. The van der Waals surface area contributed by atoms with Crippen LogP contribution in [0.5, 0.6) is 0 Å². The van der Waals surface area contributed by atoms with Gasteiger partial charge in [-0.2, -0.15) is 4.98 Å². The van der Waals surface area contributed by atoms with E-state index in [1.807, 2.05) is 0 Å². The summed E-state index contributed by atoms with van der Waals surface area (Å²) >= 11 is 0. The van der Waals surface area contributed by atoms with Crippen LogP contribution in [0.15, 0.2) is 28.8 Å². The predicted octanol–water partition coefficient (Wildman–Crippen LogP) is 1.50. The van der Waals surface area contributed by atoms with Gasteiger partial charge in [0.1, 0.15) is 0 Å². The van der Waals surface area contributed by atoms with E-state index in [4.69, 9.17) is 9.26 Å². The molecule has 21 heavy (non-hydrogen) atoms. The zero-order valence-corrected chi connectivity index (χ0v) is 12.2. The van der Waals surface area contributed by atoms with E-state index >= 15 is 0 Å². The zero-order chi connectivity index (χ0) is 14.5. The molecular weight excluding hydrogens is 268 g/mol. The number of nitrogens with zero attached hydrogens (tertiary/aromatic N) is 3. The molecule has 1 aliphatic heterocycles. The molecule has 0 radical (unpaired) electrons. The molecule has 112 valence electrons. The zero-order valence-electron chi connectivity index (χ0n) is 12.2. The van der Waals surface area contributed by atoms with Crippen molar-refractivity contribution >= 4 is 5.69 Å². The molecule has 2 heterocycles. The van der Waals surface area contributed by atoms with Crippen LogP contribution in [0.1, 0.15) is 17.3 Å². The summed E-state index contributed by atoms with van der Waals surface area (Å²) < 4.78 is 10.3. The first-order valence-electron chi connectivity index (χ1n) is 7.23. The summed E-state index contributed by atoms with van der Waals surface area (Å²) in [7, 11) is 0. The van der Waals surface area contributed by atoms with Gasteiger partial charge in [-0.15, -0.1) is 0 Å². The van der Waals surface area contributed by atoms with Gasteiger partial charge in [0, 0.05) is 32.2 Å². The van der Waals surface area contributed by atoms with E-state index < -0.39 is 0 Å². The second-order valence-corrected chi connectivity index (χ2v) is 5.10. The van der Waals surface area contributed by atoms with E-state index in [2.05, 4.69) is 44.6 Å². The van der Waals surface area contributed by atoms with Gasteiger partial charge in [0.25, 0.3) is 0 Å². The van der Waals surface area contributed by atoms with Crippen LogP contribution in [0.25, 0.3) is 0 Å². The number of ether oxygens (including phenoxy) is 1. The minimum Gasteiger partial charge on any atom is -0.378 e. The monoisotopic (exact) mass is 288 g/mol. The molecule has 1 aliphatic rings. The van der Waals surface area contributed by atoms with Crippen molar-refractivity contribution in [2.45, 2.75) is 20.0 Å². The fraction of sp³-hybridized carbons (Fsp3) is 0.467. The number of aromatic nitrogens is 2. The predicted molar refractivity (Wildman–Crippen MR) is 79.1 cm³/mol. The quantitative estimate of drug-likeness (QED) is 0.899. The highest BCUT2D eigenvalue weighted by Gasteiger charge is 2.10. The third kappa shape index (κ3) is 3.80. The molecule has 6 heteroatoms. The topological polar surface area (TPSA) is 63.4 Å². The standard InChI is InChI=1S/C15H20N4O2/c1-12-17-15(18-21-12)11-16-10-13-2-4-14(5-3-13)19-6-8-20-9-7-19/h2-5,16H,6-11H2,1H3. The molecule has 0 bridgehead atoms. The second kappa shape index (κ2) is 6.69. The highest BCUT2D eigenvalue weighted by Crippen LogP contribution is 2.16. The van der Waals surface area contributed by atoms with E-state index in [0.717, 1.165) is 32.8 Å². The Hall–Kier alpha value is -1.92. The highest BCUT2D eigenvalue weighted by atomic mass is 16.5. The van der Waals surface area contributed by atoms with Gasteiger partial charge in [-0.1, -0.05) is 17.3 Å². The number of anilines is 1. The summed E-state index contributed by atoms with van der Waals surface area (Å²) in [5, 5.41) is 7.17. The lowest BCUT2D eigenvalue weighted by Crippen LogP contribution is -2.36. The molecule has 0 spiro atoms. The van der Waals surface area contributed by atoms with Gasteiger partial charge in [-0.05, 0) is 17.7 Å². The minimum atomic E-state index is 0.599. The van der Waals surface area contributed by atoms with Crippen LogP contribution in [0.4, 0.5) is 5.69 Å². The minimum absolute atomic E-state index is 0.599. The third-order valence-electron chi connectivity index (χ3n) is 3.49. The van der Waals surface area contributed by atoms with Crippen LogP contribution >= 0.6 is 0 Å². The smallest absolute Gasteiger partial charge is 0.223 e. The molecule has 0 aliphatic carbocycles. The van der Waals surface area contributed by atoms with E-state index in [9.17, 15) is 0 Å². The number of morpholine rings is 1. The van der Waals surface area contributed by atoms with Crippen molar-refractivity contribution in [2.75, 3.05) is 31.2 Å². The molecule has 1 aromatic heterocycles. The van der Waals surface area contributed by atoms with Crippen LogP contribution in [0.3, 0.4) is 0 Å². The Morgan fingerprint density at radius 2 is 1.90 bits per heavy atom. The van der Waals surface area contributed by atoms with Crippen LogP contribution in [-0.4, -0.2) is 36.4 Å². The normalized spacial score (nSPS) is 15.4. The van der Waals surface area contributed by atoms with Gasteiger partial charge < -0.3 is 19.5 Å². The van der Waals surface area contributed by atoms with Crippen LogP contribution in [0.2, 0.25) is 0 Å². The van der Waals surface area contributed by atoms with Gasteiger partial charge >= 0.3 is 0 Å². The maximum Gasteiger partial charge on any atom is 0.223 e. The van der Waals surface area contributed by atoms with Crippen molar-refractivity contribution < 1.29 is 9.26 Å². The van der Waals surface area contributed by atoms with E-state index in [1.54, 1.807) is 6.92 Å². The van der Waals surface area contributed by atoms with Crippen molar-refractivity contribution in [1.82, 2.24) is 15.5 Å². The molecule has 1 N–H and O–H groups in total. The van der Waals surface area contributed by atoms with Gasteiger partial charge in [0.15, 0.2) is 5.82 Å². The van der Waals surface area contributed by atoms with Gasteiger partial charge in [-0.25, -0.2) is 0 Å². The number of aryl methyl sites for hydroxylation is 1. The SMILES string of the molecule is Cc1nc(CNCc2ccc(N3CCOCC3)cc2)no1. The fourth-order valence-electron chi connectivity index (χ4n) is 2.38. The summed E-state index contributed by atoms with van der Waals surface area (Å²) in [6.07, 6.45) is 0. The summed E-state index contributed by atoms with van der Waals surface area (Å²) in [5.41, 5.74) is 2.50. The number of rotatable bonds is 5. The van der Waals surface area contributed by atoms with Crippen molar-refractivity contribution in [3.63, 3.8) is 0 Å². The molecule has 0 saturated carbocycles. The van der Waals surface area contributed by atoms with E-state index in [0.29, 0.717) is 18.3 Å². The largest absolute Gasteiger partial charge is 0.378 e. The Kier molecular flexibility index (Phi) is 4.47. The highest BCUT2D eigenvalue weighted by molar-refractivity contribution is 5.47. The lowest BCUT2D eigenvalue weighted by atomic mass is 10.2. The third-order valence-corrected chi connectivity index (χ3v) is 3.49. The van der Waals surface area contributed by atoms with Crippen molar-refractivity contribution in [2.24, 2.45) is 0 Å². The Labute approximate surface area is 124 Å². The second-order valence-electron chi connectivity index (χ2n) is 5.10. The van der Waals surface area contributed by atoms with E-state index in [1.165, 1.54) is 11.3 Å². The number of benzene rings is 1. The Morgan fingerprint density at radius 3 is 2.57 bits per heavy atom. The van der Waals surface area contributed by atoms with Crippen LogP contribution < -0.4 is 10.2 Å². The summed E-state index contributed by atoms with van der Waals surface area (Å²) in [6.45, 7) is 6.75. The molecule has 1 aromatic carbocycles. The molecule has 0 atom stereocenters. The maximum atomic E-state index is 5.37. The average Bonchev–Trinajstić information content (AvgIpc) is 2.94. The molecule has 6 nitrogen and oxygen atoms in total. The molecule has 2 aromatic rings. The number of nitrogens with one attached hydrogen (secondary N) is 1. The Bertz CT molecular complexity index is 561. The van der Waals surface area contributed by atoms with Gasteiger partial charge in [-0.3, -0.25) is 0 Å². The summed E-state index contributed by atoms with van der Waals surface area (Å²) in [6, 6.07) is 8.64. The maximum absolute atomic E-state index is 5.37. The molecule has 1 saturated heterocycles. The Morgan fingerprint density at radius 1 is 1.14 bits per heavy atom.